The third kappa shape index (κ3) is 6.01. The average molecular weight is 531 g/mol. The highest BCUT2D eigenvalue weighted by molar-refractivity contribution is 7.86. The quantitative estimate of drug-likeness (QED) is 0.320. The summed E-state index contributed by atoms with van der Waals surface area (Å²) in [5, 5.41) is 0.649. The van der Waals surface area contributed by atoms with Crippen LogP contribution in [0.2, 0.25) is 5.02 Å². The van der Waals surface area contributed by atoms with Crippen LogP contribution in [0, 0.1) is 0 Å². The number of hydrogen-bond acceptors (Lipinski definition) is 4. The first-order valence-electron chi connectivity index (χ1n) is 12.1. The first-order valence-corrected chi connectivity index (χ1v) is 13.6. The summed E-state index contributed by atoms with van der Waals surface area (Å²) in [4.78, 5) is 22.1. The zero-order valence-electron chi connectivity index (χ0n) is 20.2. The van der Waals surface area contributed by atoms with E-state index in [1.807, 2.05) is 71.6 Å². The zero-order valence-corrected chi connectivity index (χ0v) is 21.8. The van der Waals surface area contributed by atoms with Gasteiger partial charge >= 0.3 is 0 Å². The second-order valence-electron chi connectivity index (χ2n) is 8.76. The Bertz CT molecular complexity index is 1340. The van der Waals surface area contributed by atoms with Crippen molar-refractivity contribution >= 4 is 39.9 Å². The van der Waals surface area contributed by atoms with E-state index in [1.165, 1.54) is 5.69 Å². The fraction of sp³-hybridized carbons (Fsp3) is 0.172. The first-order chi connectivity index (χ1) is 18.1. The summed E-state index contributed by atoms with van der Waals surface area (Å²) in [6, 6.07) is 28.7. The Balaban J connectivity index is 1.31. The van der Waals surface area contributed by atoms with Crippen LogP contribution in [-0.4, -0.2) is 46.2 Å². The van der Waals surface area contributed by atoms with Crippen LogP contribution in [0.3, 0.4) is 0 Å². The normalized spacial score (nSPS) is 14.3. The number of benzene rings is 3. The number of halogens is 1. The Kier molecular flexibility index (Phi) is 7.82. The summed E-state index contributed by atoms with van der Waals surface area (Å²) < 4.78 is 15.3. The first kappa shape index (κ1) is 25.0. The molecule has 1 fully saturated rings. The van der Waals surface area contributed by atoms with E-state index in [0.29, 0.717) is 35.1 Å². The van der Waals surface area contributed by atoms with Crippen LogP contribution in [-0.2, 0) is 17.5 Å². The Morgan fingerprint density at radius 3 is 2.22 bits per heavy atom. The Morgan fingerprint density at radius 2 is 1.57 bits per heavy atom. The van der Waals surface area contributed by atoms with Crippen molar-refractivity contribution < 1.29 is 9.00 Å². The second-order valence-corrected chi connectivity index (χ2v) is 10.6. The number of carbonyl (C=O) groups is 1. The maximum absolute atomic E-state index is 13.5. The molecule has 0 radical (unpaired) electrons. The van der Waals surface area contributed by atoms with E-state index in [2.05, 4.69) is 22.0 Å². The van der Waals surface area contributed by atoms with Gasteiger partial charge in [-0.1, -0.05) is 41.9 Å². The monoisotopic (exact) mass is 530 g/mol. The minimum absolute atomic E-state index is 0.0110. The van der Waals surface area contributed by atoms with Crippen molar-refractivity contribution in [2.24, 2.45) is 0 Å². The van der Waals surface area contributed by atoms with Gasteiger partial charge in [0.05, 0.1) is 17.1 Å². The molecule has 6 nitrogen and oxygen atoms in total. The Hall–Kier alpha value is -3.68. The summed E-state index contributed by atoms with van der Waals surface area (Å²) in [6.45, 7) is 3.35. The van der Waals surface area contributed by atoms with Crippen LogP contribution in [0.15, 0.2) is 108 Å². The molecule has 1 aromatic heterocycles. The van der Waals surface area contributed by atoms with Crippen molar-refractivity contribution in [3.63, 3.8) is 0 Å². The molecule has 1 amide bonds. The number of hydrogen-bond donors (Lipinski definition) is 0. The van der Waals surface area contributed by atoms with Gasteiger partial charge in [-0.05, 0) is 66.2 Å². The Labute approximate surface area is 224 Å². The molecule has 5 rings (SSSR count). The molecule has 188 valence electrons. The molecular formula is C29H27ClN4O2S. The van der Waals surface area contributed by atoms with Crippen molar-refractivity contribution in [2.45, 2.75) is 11.4 Å². The number of anilines is 2. The topological polar surface area (TPSA) is 56.8 Å². The van der Waals surface area contributed by atoms with Crippen molar-refractivity contribution in [3.05, 3.63) is 120 Å². The van der Waals surface area contributed by atoms with Gasteiger partial charge in [-0.15, -0.1) is 0 Å². The molecule has 1 unspecified atom stereocenters. The van der Waals surface area contributed by atoms with Gasteiger partial charge in [0.15, 0.2) is 11.0 Å². The van der Waals surface area contributed by atoms with E-state index in [1.54, 1.807) is 28.8 Å². The molecule has 0 N–H and O–H groups in total. The van der Waals surface area contributed by atoms with Gasteiger partial charge in [0.2, 0.25) is 0 Å². The lowest BCUT2D eigenvalue weighted by Gasteiger charge is -2.36. The lowest BCUT2D eigenvalue weighted by Crippen LogP contribution is -2.48. The van der Waals surface area contributed by atoms with Gasteiger partial charge in [-0.25, -0.2) is 4.21 Å². The highest BCUT2D eigenvalue weighted by atomic mass is 35.5. The molecule has 0 saturated carbocycles. The molecule has 2 heterocycles. The van der Waals surface area contributed by atoms with Crippen LogP contribution in [0.5, 0.6) is 0 Å². The standard InChI is InChI=1S/C29H27ClN4O2S/c30-25-12-8-23(9-13-25)22-34(37(36)28-7-4-16-31-21-28)27-14-10-24(11-15-27)29(35)33-19-17-32(18-20-33)26-5-2-1-3-6-26/h1-16,21H,17-20,22H2. The third-order valence-corrected chi connectivity index (χ3v) is 8.00. The SMILES string of the molecule is O=C(c1ccc(N(Cc2ccc(Cl)cc2)S(=O)c2cccnc2)cc1)N1CCN(c2ccccc2)CC1. The minimum Gasteiger partial charge on any atom is -0.368 e. The number of nitrogens with zero attached hydrogens (tertiary/aromatic N) is 4. The van der Waals surface area contributed by atoms with Crippen LogP contribution < -0.4 is 9.21 Å². The summed E-state index contributed by atoms with van der Waals surface area (Å²) in [7, 11) is -1.48. The molecule has 1 aliphatic heterocycles. The lowest BCUT2D eigenvalue weighted by atomic mass is 10.1. The summed E-state index contributed by atoms with van der Waals surface area (Å²) in [6.07, 6.45) is 3.27. The highest BCUT2D eigenvalue weighted by Crippen LogP contribution is 2.25. The van der Waals surface area contributed by atoms with E-state index in [4.69, 9.17) is 11.6 Å². The van der Waals surface area contributed by atoms with Gasteiger partial charge in [0.25, 0.3) is 5.91 Å². The van der Waals surface area contributed by atoms with Gasteiger partial charge < -0.3 is 9.80 Å². The van der Waals surface area contributed by atoms with Crippen LogP contribution >= 0.6 is 11.6 Å². The molecule has 3 aromatic carbocycles. The van der Waals surface area contributed by atoms with E-state index in [-0.39, 0.29) is 5.91 Å². The minimum atomic E-state index is -1.48. The number of para-hydroxylation sites is 1. The molecule has 8 heteroatoms. The molecule has 0 aliphatic carbocycles. The molecule has 0 bridgehead atoms. The zero-order chi connectivity index (χ0) is 25.6. The molecule has 1 saturated heterocycles. The molecular weight excluding hydrogens is 504 g/mol. The molecule has 37 heavy (non-hydrogen) atoms. The predicted molar refractivity (Wildman–Crippen MR) is 149 cm³/mol. The largest absolute Gasteiger partial charge is 0.368 e. The fourth-order valence-electron chi connectivity index (χ4n) is 4.34. The smallest absolute Gasteiger partial charge is 0.253 e. The number of aromatic nitrogens is 1. The number of amides is 1. The highest BCUT2D eigenvalue weighted by Gasteiger charge is 2.23. The van der Waals surface area contributed by atoms with Crippen LogP contribution in [0.25, 0.3) is 0 Å². The van der Waals surface area contributed by atoms with Crippen LogP contribution in [0.4, 0.5) is 11.4 Å². The van der Waals surface area contributed by atoms with E-state index < -0.39 is 11.0 Å². The number of pyridine rings is 1. The van der Waals surface area contributed by atoms with E-state index >= 15 is 0 Å². The van der Waals surface area contributed by atoms with Crippen molar-refractivity contribution in [3.8, 4) is 0 Å². The number of piperazine rings is 1. The second kappa shape index (κ2) is 11.6. The van der Waals surface area contributed by atoms with E-state index in [9.17, 15) is 9.00 Å². The molecule has 4 aromatic rings. The average Bonchev–Trinajstić information content (AvgIpc) is 2.97. The van der Waals surface area contributed by atoms with Gasteiger partial charge in [0, 0.05) is 54.8 Å². The van der Waals surface area contributed by atoms with Gasteiger partial charge in [-0.3, -0.25) is 14.1 Å². The third-order valence-electron chi connectivity index (χ3n) is 6.37. The van der Waals surface area contributed by atoms with Crippen LogP contribution in [0.1, 0.15) is 15.9 Å². The molecule has 1 aliphatic rings. The van der Waals surface area contributed by atoms with E-state index in [0.717, 1.165) is 24.3 Å². The lowest BCUT2D eigenvalue weighted by molar-refractivity contribution is 0.0747. The Morgan fingerprint density at radius 1 is 0.865 bits per heavy atom. The summed E-state index contributed by atoms with van der Waals surface area (Å²) in [5.74, 6) is 0.0110. The maximum Gasteiger partial charge on any atom is 0.253 e. The van der Waals surface area contributed by atoms with Crippen molar-refractivity contribution in [2.75, 3.05) is 35.4 Å². The summed E-state index contributed by atoms with van der Waals surface area (Å²) in [5.41, 5.74) is 3.53. The number of rotatable bonds is 7. The fourth-order valence-corrected chi connectivity index (χ4v) is 5.64. The predicted octanol–water partition coefficient (Wildman–Crippen LogP) is 5.43. The van der Waals surface area contributed by atoms with Gasteiger partial charge in [-0.2, -0.15) is 0 Å². The van der Waals surface area contributed by atoms with Gasteiger partial charge in [0.1, 0.15) is 0 Å². The number of carbonyl (C=O) groups excluding carboxylic acids is 1. The molecule has 0 spiro atoms. The maximum atomic E-state index is 13.5. The summed E-state index contributed by atoms with van der Waals surface area (Å²) >= 11 is 6.05. The molecule has 1 atom stereocenters. The van der Waals surface area contributed by atoms with Crippen molar-refractivity contribution in [1.29, 1.82) is 0 Å². The van der Waals surface area contributed by atoms with Crippen molar-refractivity contribution in [1.82, 2.24) is 9.88 Å².